The van der Waals surface area contributed by atoms with Gasteiger partial charge in [-0.2, -0.15) is 0 Å². The molecule has 0 unspecified atom stereocenters. The molecule has 0 bridgehead atoms. The van der Waals surface area contributed by atoms with Gasteiger partial charge in [0.2, 0.25) is 0 Å². The van der Waals surface area contributed by atoms with Gasteiger partial charge in [-0.3, -0.25) is 9.59 Å². The number of nitrogens with one attached hydrogen (secondary N) is 1. The van der Waals surface area contributed by atoms with Crippen molar-refractivity contribution in [3.05, 3.63) is 99.5 Å². The Morgan fingerprint density at radius 2 is 1.61 bits per heavy atom. The van der Waals surface area contributed by atoms with E-state index in [1.165, 1.54) is 17.2 Å². The fourth-order valence-electron chi connectivity index (χ4n) is 3.02. The second kappa shape index (κ2) is 9.18. The third-order valence-corrected chi connectivity index (χ3v) is 4.75. The minimum Gasteiger partial charge on any atom is -0.322 e. The zero-order valence-electron chi connectivity index (χ0n) is 16.4. The van der Waals surface area contributed by atoms with Crippen LogP contribution in [0.5, 0.6) is 0 Å². The normalized spacial score (nSPS) is 10.6. The molecule has 0 spiro atoms. The number of anilines is 1. The number of hydrogen-bond acceptors (Lipinski definition) is 2. The highest BCUT2D eigenvalue weighted by Gasteiger charge is 2.09. The maximum Gasteiger partial charge on any atom is 0.257 e. The van der Waals surface area contributed by atoms with E-state index in [0.29, 0.717) is 12.1 Å². The first kappa shape index (κ1) is 19.6. The van der Waals surface area contributed by atoms with Gasteiger partial charge in [0, 0.05) is 18.0 Å². The number of carbonyl (C=O) groups excluding carboxylic acids is 1. The molecule has 1 heterocycles. The molecule has 0 aliphatic carbocycles. The van der Waals surface area contributed by atoms with Crippen LogP contribution in [0, 0.1) is 6.92 Å². The highest BCUT2D eigenvalue weighted by Crippen LogP contribution is 2.13. The Hall–Kier alpha value is -3.14. The van der Waals surface area contributed by atoms with Gasteiger partial charge in [-0.15, -0.1) is 0 Å². The number of rotatable bonds is 7. The lowest BCUT2D eigenvalue weighted by Gasteiger charge is -2.10. The van der Waals surface area contributed by atoms with E-state index in [1.54, 1.807) is 16.8 Å². The number of pyridine rings is 1. The van der Waals surface area contributed by atoms with Crippen LogP contribution in [-0.2, 0) is 13.0 Å². The first-order valence-electron chi connectivity index (χ1n) is 9.71. The van der Waals surface area contributed by atoms with Crippen LogP contribution in [0.4, 0.5) is 5.69 Å². The van der Waals surface area contributed by atoms with E-state index in [1.807, 2.05) is 55.5 Å². The summed E-state index contributed by atoms with van der Waals surface area (Å²) in [5.74, 6) is -0.223. The molecule has 0 aliphatic heterocycles. The van der Waals surface area contributed by atoms with Gasteiger partial charge in [0.1, 0.15) is 0 Å². The van der Waals surface area contributed by atoms with Crippen molar-refractivity contribution < 1.29 is 4.79 Å². The summed E-state index contributed by atoms with van der Waals surface area (Å²) < 4.78 is 1.56. The number of aromatic nitrogens is 1. The molecule has 3 aromatic rings. The molecular formula is C24H26N2O2. The van der Waals surface area contributed by atoms with E-state index in [4.69, 9.17) is 0 Å². The number of benzene rings is 2. The summed E-state index contributed by atoms with van der Waals surface area (Å²) in [6.07, 6.45) is 4.99. The van der Waals surface area contributed by atoms with Crippen molar-refractivity contribution in [1.82, 2.24) is 4.57 Å². The zero-order valence-corrected chi connectivity index (χ0v) is 16.4. The highest BCUT2D eigenvalue weighted by atomic mass is 16.2. The van der Waals surface area contributed by atoms with Gasteiger partial charge < -0.3 is 9.88 Å². The van der Waals surface area contributed by atoms with Crippen LogP contribution in [0.1, 0.15) is 46.8 Å². The van der Waals surface area contributed by atoms with E-state index >= 15 is 0 Å². The van der Waals surface area contributed by atoms with Crippen LogP contribution in [0.3, 0.4) is 0 Å². The number of amides is 1. The second-order valence-corrected chi connectivity index (χ2v) is 7.12. The topological polar surface area (TPSA) is 51.1 Å². The van der Waals surface area contributed by atoms with Gasteiger partial charge in [0.05, 0.1) is 12.1 Å². The summed E-state index contributed by atoms with van der Waals surface area (Å²) in [6.45, 7) is 4.64. The molecule has 0 aliphatic rings. The zero-order chi connectivity index (χ0) is 19.9. The maximum absolute atomic E-state index is 12.6. The Balaban J connectivity index is 1.71. The molecule has 2 aromatic carbocycles. The fraction of sp³-hybridized carbons (Fsp3) is 0.250. The molecule has 28 heavy (non-hydrogen) atoms. The molecule has 4 heteroatoms. The first-order valence-corrected chi connectivity index (χ1v) is 9.71. The predicted molar refractivity (Wildman–Crippen MR) is 114 cm³/mol. The van der Waals surface area contributed by atoms with Gasteiger partial charge in [0.15, 0.2) is 0 Å². The van der Waals surface area contributed by atoms with Crippen molar-refractivity contribution in [3.8, 4) is 0 Å². The van der Waals surface area contributed by atoms with Gasteiger partial charge in [-0.05, 0) is 49.1 Å². The minimum atomic E-state index is -0.223. The van der Waals surface area contributed by atoms with Crippen LogP contribution in [0.2, 0.25) is 0 Å². The summed E-state index contributed by atoms with van der Waals surface area (Å²) >= 11 is 0. The summed E-state index contributed by atoms with van der Waals surface area (Å²) in [7, 11) is 0. The Kier molecular flexibility index (Phi) is 6.43. The third-order valence-electron chi connectivity index (χ3n) is 4.75. The number of unbranched alkanes of at least 4 members (excludes halogenated alkanes) is 1. The molecule has 4 nitrogen and oxygen atoms in total. The van der Waals surface area contributed by atoms with Gasteiger partial charge in [-0.25, -0.2) is 0 Å². The molecule has 0 radical (unpaired) electrons. The number of hydrogen-bond donors (Lipinski definition) is 1. The Bertz CT molecular complexity index is 986. The van der Waals surface area contributed by atoms with Crippen molar-refractivity contribution >= 4 is 11.6 Å². The fourth-order valence-corrected chi connectivity index (χ4v) is 3.02. The van der Waals surface area contributed by atoms with Crippen molar-refractivity contribution in [3.63, 3.8) is 0 Å². The standard InChI is InChI=1S/C24H26N2O2/c1-3-4-5-19-10-13-22(14-11-19)25-24(28)21-12-15-23(27)26(17-21)16-20-8-6-18(2)7-9-20/h6-15,17H,3-5,16H2,1-2H3,(H,25,28). The minimum absolute atomic E-state index is 0.127. The monoisotopic (exact) mass is 374 g/mol. The Morgan fingerprint density at radius 3 is 2.29 bits per heavy atom. The Labute approximate surface area is 165 Å². The summed E-state index contributed by atoms with van der Waals surface area (Å²) in [5, 5.41) is 2.91. The summed E-state index contributed by atoms with van der Waals surface area (Å²) in [5.41, 5.74) is 4.55. The number of aryl methyl sites for hydroxylation is 2. The average Bonchev–Trinajstić information content (AvgIpc) is 2.70. The molecule has 0 atom stereocenters. The molecule has 1 amide bonds. The number of carbonyl (C=O) groups is 1. The maximum atomic E-state index is 12.6. The van der Waals surface area contributed by atoms with E-state index in [9.17, 15) is 9.59 Å². The molecule has 3 rings (SSSR count). The van der Waals surface area contributed by atoms with Gasteiger partial charge >= 0.3 is 0 Å². The predicted octanol–water partition coefficient (Wildman–Crippen LogP) is 4.80. The molecule has 0 saturated carbocycles. The van der Waals surface area contributed by atoms with Crippen molar-refractivity contribution in [1.29, 1.82) is 0 Å². The first-order chi connectivity index (χ1) is 13.5. The van der Waals surface area contributed by atoms with Crippen LogP contribution < -0.4 is 10.9 Å². The van der Waals surface area contributed by atoms with Crippen LogP contribution in [0.15, 0.2) is 71.7 Å². The van der Waals surface area contributed by atoms with Crippen molar-refractivity contribution in [2.24, 2.45) is 0 Å². The average molecular weight is 374 g/mol. The van der Waals surface area contributed by atoms with Crippen LogP contribution in [0.25, 0.3) is 0 Å². The van der Waals surface area contributed by atoms with E-state index < -0.39 is 0 Å². The smallest absolute Gasteiger partial charge is 0.257 e. The van der Waals surface area contributed by atoms with Crippen LogP contribution >= 0.6 is 0 Å². The second-order valence-electron chi connectivity index (χ2n) is 7.12. The lowest BCUT2D eigenvalue weighted by Crippen LogP contribution is -2.22. The van der Waals surface area contributed by atoms with Crippen molar-refractivity contribution in [2.45, 2.75) is 39.7 Å². The summed E-state index contributed by atoms with van der Waals surface area (Å²) in [4.78, 5) is 24.8. The van der Waals surface area contributed by atoms with Gasteiger partial charge in [0.25, 0.3) is 11.5 Å². The van der Waals surface area contributed by atoms with E-state index in [2.05, 4.69) is 12.2 Å². The summed E-state index contributed by atoms with van der Waals surface area (Å²) in [6, 6.07) is 19.0. The molecule has 0 saturated heterocycles. The highest BCUT2D eigenvalue weighted by molar-refractivity contribution is 6.04. The largest absolute Gasteiger partial charge is 0.322 e. The van der Waals surface area contributed by atoms with Gasteiger partial charge in [-0.1, -0.05) is 55.3 Å². The molecule has 1 aromatic heterocycles. The van der Waals surface area contributed by atoms with E-state index in [-0.39, 0.29) is 11.5 Å². The molecule has 0 fully saturated rings. The number of nitrogens with zero attached hydrogens (tertiary/aromatic N) is 1. The quantitative estimate of drug-likeness (QED) is 0.646. The molecule has 1 N–H and O–H groups in total. The third kappa shape index (κ3) is 5.19. The van der Waals surface area contributed by atoms with Crippen molar-refractivity contribution in [2.75, 3.05) is 5.32 Å². The lowest BCUT2D eigenvalue weighted by molar-refractivity contribution is 0.102. The lowest BCUT2D eigenvalue weighted by atomic mass is 10.1. The SMILES string of the molecule is CCCCc1ccc(NC(=O)c2ccc(=O)n(Cc3ccc(C)cc3)c2)cc1. The Morgan fingerprint density at radius 1 is 0.929 bits per heavy atom. The molecular weight excluding hydrogens is 348 g/mol. The van der Waals surface area contributed by atoms with E-state index in [0.717, 1.165) is 30.5 Å². The van der Waals surface area contributed by atoms with Crippen LogP contribution in [-0.4, -0.2) is 10.5 Å². The molecule has 144 valence electrons.